The highest BCUT2D eigenvalue weighted by molar-refractivity contribution is 5.40. The zero-order chi connectivity index (χ0) is 11.8. The topological polar surface area (TPSA) is 3.24 Å². The molecular formula is C16H23N. The molecule has 92 valence electrons. The number of aryl methyl sites for hydroxylation is 1. The second-order valence-corrected chi connectivity index (χ2v) is 5.97. The quantitative estimate of drug-likeness (QED) is 0.751. The van der Waals surface area contributed by atoms with Gasteiger partial charge in [0.1, 0.15) is 0 Å². The number of hydrogen-bond donors (Lipinski definition) is 0. The summed E-state index contributed by atoms with van der Waals surface area (Å²) in [5.41, 5.74) is 5.01. The molecule has 3 rings (SSSR count). The summed E-state index contributed by atoms with van der Waals surface area (Å²) < 4.78 is 0. The SMILES string of the molecule is CN(C)C1CCc2cccc(C3CCC3)c2C1. The van der Waals surface area contributed by atoms with E-state index in [-0.39, 0.29) is 0 Å². The molecule has 0 aromatic heterocycles. The first kappa shape index (κ1) is 11.3. The lowest BCUT2D eigenvalue weighted by Crippen LogP contribution is -2.34. The Balaban J connectivity index is 1.92. The number of fused-ring (bicyclic) bond motifs is 1. The van der Waals surface area contributed by atoms with E-state index in [0.29, 0.717) is 0 Å². The van der Waals surface area contributed by atoms with Crippen LogP contribution in [0.25, 0.3) is 0 Å². The smallest absolute Gasteiger partial charge is 0.0133 e. The van der Waals surface area contributed by atoms with E-state index in [1.165, 1.54) is 38.5 Å². The predicted octanol–water partition coefficient (Wildman–Crippen LogP) is 3.37. The molecule has 0 amide bonds. The maximum Gasteiger partial charge on any atom is 0.0133 e. The first-order valence-corrected chi connectivity index (χ1v) is 7.03. The van der Waals surface area contributed by atoms with Crippen LogP contribution >= 0.6 is 0 Å². The van der Waals surface area contributed by atoms with Gasteiger partial charge >= 0.3 is 0 Å². The van der Waals surface area contributed by atoms with Crippen LogP contribution < -0.4 is 0 Å². The van der Waals surface area contributed by atoms with Gasteiger partial charge in [0.25, 0.3) is 0 Å². The molecular weight excluding hydrogens is 206 g/mol. The molecule has 1 aromatic carbocycles. The van der Waals surface area contributed by atoms with Crippen LogP contribution in [0.5, 0.6) is 0 Å². The lowest BCUT2D eigenvalue weighted by Gasteiger charge is -2.35. The number of hydrogen-bond acceptors (Lipinski definition) is 1. The first-order valence-electron chi connectivity index (χ1n) is 7.03. The van der Waals surface area contributed by atoms with Crippen molar-refractivity contribution in [2.75, 3.05) is 14.1 Å². The van der Waals surface area contributed by atoms with Crippen molar-refractivity contribution in [3.8, 4) is 0 Å². The summed E-state index contributed by atoms with van der Waals surface area (Å²) in [4.78, 5) is 2.40. The maximum atomic E-state index is 2.40. The molecule has 1 heteroatoms. The van der Waals surface area contributed by atoms with Crippen molar-refractivity contribution in [2.24, 2.45) is 0 Å². The lowest BCUT2D eigenvalue weighted by molar-refractivity contribution is 0.266. The number of rotatable bonds is 2. The van der Waals surface area contributed by atoms with Crippen LogP contribution in [0.3, 0.4) is 0 Å². The molecule has 0 heterocycles. The molecule has 2 aliphatic rings. The Morgan fingerprint density at radius 1 is 1.12 bits per heavy atom. The molecule has 2 aliphatic carbocycles. The van der Waals surface area contributed by atoms with E-state index in [1.807, 2.05) is 0 Å². The van der Waals surface area contributed by atoms with Crippen molar-refractivity contribution in [2.45, 2.75) is 50.5 Å². The highest BCUT2D eigenvalue weighted by Crippen LogP contribution is 2.40. The predicted molar refractivity (Wildman–Crippen MR) is 72.5 cm³/mol. The van der Waals surface area contributed by atoms with Gasteiger partial charge in [-0.2, -0.15) is 0 Å². The Bertz CT molecular complexity index is 404. The summed E-state index contributed by atoms with van der Waals surface area (Å²) in [5.74, 6) is 0.880. The third-order valence-electron chi connectivity index (χ3n) is 4.77. The third-order valence-corrected chi connectivity index (χ3v) is 4.77. The number of likely N-dealkylation sites (N-methyl/N-ethyl adjacent to an activating group) is 1. The third kappa shape index (κ3) is 2.01. The molecule has 0 radical (unpaired) electrons. The van der Waals surface area contributed by atoms with Crippen LogP contribution in [0.2, 0.25) is 0 Å². The maximum absolute atomic E-state index is 2.40. The minimum atomic E-state index is 0.753. The average molecular weight is 229 g/mol. The first-order chi connectivity index (χ1) is 8.25. The fourth-order valence-corrected chi connectivity index (χ4v) is 3.34. The number of benzene rings is 1. The second kappa shape index (κ2) is 4.45. The Labute approximate surface area is 105 Å². The molecule has 1 nitrogen and oxygen atoms in total. The summed E-state index contributed by atoms with van der Waals surface area (Å²) in [5, 5.41) is 0. The monoisotopic (exact) mass is 229 g/mol. The fourth-order valence-electron chi connectivity index (χ4n) is 3.34. The Kier molecular flexibility index (Phi) is 2.96. The minimum Gasteiger partial charge on any atom is -0.306 e. The van der Waals surface area contributed by atoms with Gasteiger partial charge in [-0.1, -0.05) is 24.6 Å². The van der Waals surface area contributed by atoms with Gasteiger partial charge < -0.3 is 4.90 Å². The summed E-state index contributed by atoms with van der Waals surface area (Å²) in [7, 11) is 4.45. The fraction of sp³-hybridized carbons (Fsp3) is 0.625. The van der Waals surface area contributed by atoms with Crippen molar-refractivity contribution in [3.63, 3.8) is 0 Å². The van der Waals surface area contributed by atoms with Crippen LogP contribution in [0.1, 0.15) is 48.3 Å². The lowest BCUT2D eigenvalue weighted by atomic mass is 9.74. The zero-order valence-electron chi connectivity index (χ0n) is 11.1. The van der Waals surface area contributed by atoms with E-state index < -0.39 is 0 Å². The Hall–Kier alpha value is -0.820. The van der Waals surface area contributed by atoms with Crippen molar-refractivity contribution < 1.29 is 0 Å². The Morgan fingerprint density at radius 2 is 1.94 bits per heavy atom. The van der Waals surface area contributed by atoms with Gasteiger partial charge in [-0.25, -0.2) is 0 Å². The minimum absolute atomic E-state index is 0.753. The van der Waals surface area contributed by atoms with Crippen molar-refractivity contribution in [3.05, 3.63) is 34.9 Å². The largest absolute Gasteiger partial charge is 0.306 e. The van der Waals surface area contributed by atoms with E-state index in [0.717, 1.165) is 12.0 Å². The highest BCUT2D eigenvalue weighted by atomic mass is 15.1. The zero-order valence-corrected chi connectivity index (χ0v) is 11.1. The van der Waals surface area contributed by atoms with Crippen LogP contribution in [-0.2, 0) is 12.8 Å². The Morgan fingerprint density at radius 3 is 2.59 bits per heavy atom. The van der Waals surface area contributed by atoms with Gasteiger partial charge in [0, 0.05) is 6.04 Å². The second-order valence-electron chi connectivity index (χ2n) is 5.97. The van der Waals surface area contributed by atoms with Gasteiger partial charge in [-0.3, -0.25) is 0 Å². The molecule has 0 spiro atoms. The molecule has 1 atom stereocenters. The molecule has 0 aliphatic heterocycles. The van der Waals surface area contributed by atoms with Crippen molar-refractivity contribution in [1.82, 2.24) is 4.90 Å². The van der Waals surface area contributed by atoms with Gasteiger partial charge in [-0.05, 0) is 68.8 Å². The number of nitrogens with zero attached hydrogens (tertiary/aromatic N) is 1. The summed E-state index contributed by atoms with van der Waals surface area (Å²) in [6.07, 6.45) is 8.15. The highest BCUT2D eigenvalue weighted by Gasteiger charge is 2.27. The van der Waals surface area contributed by atoms with E-state index in [1.54, 1.807) is 16.7 Å². The van der Waals surface area contributed by atoms with Crippen molar-refractivity contribution in [1.29, 1.82) is 0 Å². The van der Waals surface area contributed by atoms with Crippen LogP contribution in [0, 0.1) is 0 Å². The van der Waals surface area contributed by atoms with Crippen LogP contribution in [-0.4, -0.2) is 25.0 Å². The molecule has 0 N–H and O–H groups in total. The molecule has 1 fully saturated rings. The normalized spacial score (nSPS) is 24.5. The molecule has 0 bridgehead atoms. The van der Waals surface area contributed by atoms with Gasteiger partial charge in [0.05, 0.1) is 0 Å². The van der Waals surface area contributed by atoms with E-state index in [4.69, 9.17) is 0 Å². The molecule has 17 heavy (non-hydrogen) atoms. The van der Waals surface area contributed by atoms with E-state index in [2.05, 4.69) is 37.2 Å². The molecule has 1 aromatic rings. The summed E-state index contributed by atoms with van der Waals surface area (Å²) >= 11 is 0. The van der Waals surface area contributed by atoms with Crippen LogP contribution in [0.4, 0.5) is 0 Å². The standard InChI is InChI=1S/C16H23N/c1-17(2)14-10-9-13-7-4-8-15(16(13)11-14)12-5-3-6-12/h4,7-8,12,14H,3,5-6,9-11H2,1-2H3. The van der Waals surface area contributed by atoms with Gasteiger partial charge in [0.15, 0.2) is 0 Å². The molecule has 1 saturated carbocycles. The van der Waals surface area contributed by atoms with Gasteiger partial charge in [-0.15, -0.1) is 0 Å². The van der Waals surface area contributed by atoms with E-state index >= 15 is 0 Å². The summed E-state index contributed by atoms with van der Waals surface area (Å²) in [6.45, 7) is 0. The average Bonchev–Trinajstić information content (AvgIpc) is 2.26. The molecule has 0 saturated heterocycles. The summed E-state index contributed by atoms with van der Waals surface area (Å²) in [6, 6.07) is 7.77. The van der Waals surface area contributed by atoms with Crippen molar-refractivity contribution >= 4 is 0 Å². The van der Waals surface area contributed by atoms with Gasteiger partial charge in [0.2, 0.25) is 0 Å². The van der Waals surface area contributed by atoms with E-state index in [9.17, 15) is 0 Å². The van der Waals surface area contributed by atoms with Crippen LogP contribution in [0.15, 0.2) is 18.2 Å². The molecule has 1 unspecified atom stereocenters.